The molecule has 4 rings (SSSR count). The SMILES string of the molecule is CC1=NN(c2c(F)c(F)c(F)c(F)c2F)C(=O)/C1=C/c1ccc(Oc2ccc([N+](=O)[O-])cc2[N+](=O)[O-])cc1. The Labute approximate surface area is 208 Å². The van der Waals surface area contributed by atoms with Crippen molar-refractivity contribution >= 4 is 34.8 Å². The number of nitro benzene ring substituents is 2. The third-order valence-corrected chi connectivity index (χ3v) is 5.23. The zero-order chi connectivity index (χ0) is 27.9. The Morgan fingerprint density at radius 2 is 1.45 bits per heavy atom. The van der Waals surface area contributed by atoms with E-state index in [1.54, 1.807) is 0 Å². The maximum absolute atomic E-state index is 14.2. The highest BCUT2D eigenvalue weighted by Crippen LogP contribution is 2.36. The maximum Gasteiger partial charge on any atom is 0.318 e. The molecule has 0 saturated heterocycles. The van der Waals surface area contributed by atoms with Gasteiger partial charge < -0.3 is 4.74 Å². The van der Waals surface area contributed by atoms with Crippen LogP contribution >= 0.6 is 0 Å². The Bertz CT molecular complexity index is 1560. The zero-order valence-electron chi connectivity index (χ0n) is 18.7. The molecule has 0 fully saturated rings. The summed E-state index contributed by atoms with van der Waals surface area (Å²) in [7, 11) is 0. The quantitative estimate of drug-likeness (QED) is 0.0983. The number of amides is 1. The third-order valence-electron chi connectivity index (χ3n) is 5.23. The van der Waals surface area contributed by atoms with Crippen LogP contribution in [0.4, 0.5) is 39.0 Å². The van der Waals surface area contributed by atoms with Crippen molar-refractivity contribution in [3.05, 3.63) is 103 Å². The normalized spacial score (nSPS) is 14.2. The molecule has 1 aliphatic rings. The molecule has 38 heavy (non-hydrogen) atoms. The first-order valence-electron chi connectivity index (χ1n) is 10.2. The Morgan fingerprint density at radius 1 is 0.868 bits per heavy atom. The number of nitro groups is 2. The van der Waals surface area contributed by atoms with Crippen LogP contribution < -0.4 is 9.75 Å². The molecule has 1 aliphatic heterocycles. The first kappa shape index (κ1) is 25.9. The molecule has 15 heteroatoms. The van der Waals surface area contributed by atoms with E-state index in [1.807, 2.05) is 0 Å². The fourth-order valence-electron chi connectivity index (χ4n) is 3.39. The number of non-ortho nitro benzene ring substituents is 1. The van der Waals surface area contributed by atoms with Gasteiger partial charge in [0.25, 0.3) is 11.6 Å². The van der Waals surface area contributed by atoms with Crippen LogP contribution in [0.5, 0.6) is 11.5 Å². The van der Waals surface area contributed by atoms with Gasteiger partial charge in [-0.05, 0) is 36.8 Å². The lowest BCUT2D eigenvalue weighted by Gasteiger charge is -2.15. The first-order chi connectivity index (χ1) is 17.9. The molecule has 0 spiro atoms. The fraction of sp³-hybridized carbons (Fsp3) is 0.0435. The molecule has 0 aromatic heterocycles. The summed E-state index contributed by atoms with van der Waals surface area (Å²) >= 11 is 0. The van der Waals surface area contributed by atoms with E-state index in [4.69, 9.17) is 4.74 Å². The van der Waals surface area contributed by atoms with E-state index in [1.165, 1.54) is 37.3 Å². The van der Waals surface area contributed by atoms with Crippen LogP contribution in [0.25, 0.3) is 6.08 Å². The first-order valence-corrected chi connectivity index (χ1v) is 10.2. The van der Waals surface area contributed by atoms with E-state index in [-0.39, 0.29) is 27.8 Å². The Hall–Kier alpha value is -5.21. The van der Waals surface area contributed by atoms with Crippen LogP contribution in [0.3, 0.4) is 0 Å². The van der Waals surface area contributed by atoms with Crippen molar-refractivity contribution < 1.29 is 41.3 Å². The average molecular weight is 534 g/mol. The van der Waals surface area contributed by atoms with Crippen LogP contribution in [0.15, 0.2) is 53.1 Å². The number of anilines is 1. The predicted molar refractivity (Wildman–Crippen MR) is 121 cm³/mol. The maximum atomic E-state index is 14.2. The standard InChI is InChI=1S/C23H11F5N4O6/c1-10-14(23(33)30(29-10)22-20(27)18(25)17(24)19(26)21(22)28)8-11-2-5-13(6-3-11)38-16-7-4-12(31(34)35)9-15(16)32(36)37/h2-9H,1H3/b14-8+. The summed E-state index contributed by atoms with van der Waals surface area (Å²) in [6.45, 7) is 1.28. The summed E-state index contributed by atoms with van der Waals surface area (Å²) in [4.78, 5) is 33.2. The number of hydrogen-bond donors (Lipinski definition) is 0. The van der Waals surface area contributed by atoms with Gasteiger partial charge in [0.15, 0.2) is 23.3 Å². The molecule has 1 amide bonds. The second-order valence-electron chi connectivity index (χ2n) is 7.62. The van der Waals surface area contributed by atoms with E-state index in [0.29, 0.717) is 5.56 Å². The lowest BCUT2D eigenvalue weighted by Crippen LogP contribution is -2.25. The van der Waals surface area contributed by atoms with Gasteiger partial charge in [-0.1, -0.05) is 12.1 Å². The largest absolute Gasteiger partial charge is 0.450 e. The Balaban J connectivity index is 1.60. The minimum Gasteiger partial charge on any atom is -0.450 e. The molecule has 0 bridgehead atoms. The van der Waals surface area contributed by atoms with Gasteiger partial charge in [0.05, 0.1) is 27.2 Å². The number of hydrogen-bond acceptors (Lipinski definition) is 7. The molecule has 0 aliphatic carbocycles. The van der Waals surface area contributed by atoms with Crippen molar-refractivity contribution in [1.29, 1.82) is 0 Å². The van der Waals surface area contributed by atoms with Gasteiger partial charge in [-0.25, -0.2) is 22.0 Å². The number of benzene rings is 3. The smallest absolute Gasteiger partial charge is 0.318 e. The number of hydrazone groups is 1. The molecular formula is C23H11F5N4O6. The Morgan fingerprint density at radius 3 is 2.00 bits per heavy atom. The van der Waals surface area contributed by atoms with E-state index in [2.05, 4.69) is 5.10 Å². The van der Waals surface area contributed by atoms with Crippen molar-refractivity contribution in [1.82, 2.24) is 0 Å². The van der Waals surface area contributed by atoms with E-state index < -0.39 is 61.9 Å². The molecular weight excluding hydrogens is 523 g/mol. The van der Waals surface area contributed by atoms with Crippen molar-refractivity contribution in [3.8, 4) is 11.5 Å². The molecule has 0 saturated carbocycles. The minimum atomic E-state index is -2.38. The summed E-state index contributed by atoms with van der Waals surface area (Å²) in [5.41, 5.74) is -2.67. The van der Waals surface area contributed by atoms with Crippen molar-refractivity contribution in [2.45, 2.75) is 6.92 Å². The molecule has 194 valence electrons. The molecule has 0 unspecified atom stereocenters. The van der Waals surface area contributed by atoms with Gasteiger partial charge in [-0.2, -0.15) is 10.1 Å². The van der Waals surface area contributed by atoms with Crippen LogP contribution in [0.2, 0.25) is 0 Å². The molecule has 10 nitrogen and oxygen atoms in total. The zero-order valence-corrected chi connectivity index (χ0v) is 18.7. The predicted octanol–water partition coefficient (Wildman–Crippen LogP) is 5.80. The lowest BCUT2D eigenvalue weighted by molar-refractivity contribution is -0.394. The van der Waals surface area contributed by atoms with Crippen LogP contribution in [0.1, 0.15) is 12.5 Å². The topological polar surface area (TPSA) is 128 Å². The van der Waals surface area contributed by atoms with Gasteiger partial charge in [0.1, 0.15) is 11.4 Å². The molecule has 3 aromatic rings. The summed E-state index contributed by atoms with van der Waals surface area (Å²) < 4.78 is 74.4. The highest BCUT2D eigenvalue weighted by molar-refractivity contribution is 6.32. The molecule has 0 radical (unpaired) electrons. The number of rotatable bonds is 6. The number of ether oxygens (including phenoxy) is 1. The number of carbonyl (C=O) groups excluding carboxylic acids is 1. The average Bonchev–Trinajstić information content (AvgIpc) is 3.15. The van der Waals surface area contributed by atoms with Crippen molar-refractivity contribution in [2.24, 2.45) is 5.10 Å². The van der Waals surface area contributed by atoms with E-state index in [0.717, 1.165) is 18.2 Å². The fourth-order valence-corrected chi connectivity index (χ4v) is 3.39. The Kier molecular flexibility index (Phi) is 6.59. The second-order valence-corrected chi connectivity index (χ2v) is 7.62. The van der Waals surface area contributed by atoms with Gasteiger partial charge in [-0.15, -0.1) is 0 Å². The summed E-state index contributed by atoms with van der Waals surface area (Å²) in [5.74, 6) is -12.7. The number of nitrogens with zero attached hydrogens (tertiary/aromatic N) is 4. The number of carbonyl (C=O) groups is 1. The third kappa shape index (κ3) is 4.52. The number of halogens is 5. The molecule has 3 aromatic carbocycles. The molecule has 0 N–H and O–H groups in total. The van der Waals surface area contributed by atoms with E-state index in [9.17, 15) is 47.0 Å². The van der Waals surface area contributed by atoms with Gasteiger partial charge in [-0.3, -0.25) is 25.0 Å². The van der Waals surface area contributed by atoms with Crippen LogP contribution in [-0.2, 0) is 4.79 Å². The summed E-state index contributed by atoms with van der Waals surface area (Å²) in [6, 6.07) is 8.26. The van der Waals surface area contributed by atoms with Crippen LogP contribution in [0, 0.1) is 49.3 Å². The van der Waals surface area contributed by atoms with Gasteiger partial charge >= 0.3 is 5.69 Å². The highest BCUT2D eigenvalue weighted by Gasteiger charge is 2.37. The summed E-state index contributed by atoms with van der Waals surface area (Å²) in [6.07, 6.45) is 1.23. The van der Waals surface area contributed by atoms with E-state index >= 15 is 0 Å². The molecule has 1 heterocycles. The highest BCUT2D eigenvalue weighted by atomic mass is 19.2. The second kappa shape index (κ2) is 9.68. The molecule has 0 atom stereocenters. The monoisotopic (exact) mass is 534 g/mol. The van der Waals surface area contributed by atoms with Crippen molar-refractivity contribution in [2.75, 3.05) is 5.01 Å². The van der Waals surface area contributed by atoms with Crippen molar-refractivity contribution in [3.63, 3.8) is 0 Å². The van der Waals surface area contributed by atoms with Crippen LogP contribution in [-0.4, -0.2) is 21.5 Å². The lowest BCUT2D eigenvalue weighted by atomic mass is 10.1. The minimum absolute atomic E-state index is 0.0721. The van der Waals surface area contributed by atoms with Gasteiger partial charge in [0.2, 0.25) is 11.6 Å². The summed E-state index contributed by atoms with van der Waals surface area (Å²) in [5, 5.41) is 25.8. The van der Waals surface area contributed by atoms with Gasteiger partial charge in [0, 0.05) is 6.07 Å².